The van der Waals surface area contributed by atoms with Gasteiger partial charge in [0.1, 0.15) is 6.10 Å². The summed E-state index contributed by atoms with van der Waals surface area (Å²) in [6.07, 6.45) is -1.73. The molecule has 0 spiro atoms. The van der Waals surface area contributed by atoms with E-state index in [0.717, 1.165) is 0 Å². The Bertz CT molecular complexity index is 1400. The number of hydrogen-bond acceptors (Lipinski definition) is 14. The van der Waals surface area contributed by atoms with Crippen LogP contribution in [-0.4, -0.2) is 102 Å². The highest BCUT2D eigenvalue weighted by Crippen LogP contribution is 2.39. The summed E-state index contributed by atoms with van der Waals surface area (Å²) in [6.45, 7) is 29.1. The summed E-state index contributed by atoms with van der Waals surface area (Å²) >= 11 is 0. The van der Waals surface area contributed by atoms with Crippen LogP contribution in [0, 0.1) is 10.1 Å². The van der Waals surface area contributed by atoms with Crippen molar-refractivity contribution in [3.05, 3.63) is 27.8 Å². The van der Waals surface area contributed by atoms with Crippen LogP contribution in [0.4, 0.5) is 10.5 Å². The molecule has 1 fully saturated rings. The predicted molar refractivity (Wildman–Crippen MR) is 222 cm³/mol. The number of benzene rings is 1. The molecular formula is C32H61N2O14Si7. The van der Waals surface area contributed by atoms with E-state index >= 15 is 0 Å². The van der Waals surface area contributed by atoms with Crippen LogP contribution in [0.1, 0.15) is 44.3 Å². The summed E-state index contributed by atoms with van der Waals surface area (Å²) in [7, 11) is -13.0. The Balaban J connectivity index is 2.42. The lowest BCUT2D eigenvalue weighted by atomic mass is 10.1. The van der Waals surface area contributed by atoms with E-state index in [1.807, 2.05) is 0 Å². The van der Waals surface area contributed by atoms with Gasteiger partial charge in [0.15, 0.2) is 54.5 Å². The molecule has 55 heavy (non-hydrogen) atoms. The summed E-state index contributed by atoms with van der Waals surface area (Å²) in [5.41, 5.74) is -0.394. The maximum absolute atomic E-state index is 12.6. The number of ether oxygens (including phenoxy) is 3. The molecule has 311 valence electrons. The van der Waals surface area contributed by atoms with E-state index in [1.165, 1.54) is 19.1 Å². The van der Waals surface area contributed by atoms with Gasteiger partial charge in [-0.3, -0.25) is 24.5 Å². The highest BCUT2D eigenvalue weighted by Gasteiger charge is 2.49. The fourth-order valence-electron chi connectivity index (χ4n) is 5.30. The smallest absolute Gasteiger partial charge is 0.490 e. The third kappa shape index (κ3) is 18.4. The molecule has 1 saturated heterocycles. The zero-order chi connectivity index (χ0) is 41.9. The lowest BCUT2D eigenvalue weighted by Crippen LogP contribution is -2.60. The van der Waals surface area contributed by atoms with Crippen molar-refractivity contribution in [2.75, 3.05) is 13.2 Å². The molecule has 23 heteroatoms. The third-order valence-corrected chi connectivity index (χ3v) is 24.8. The summed E-state index contributed by atoms with van der Waals surface area (Å²) < 4.78 is 50.4. The van der Waals surface area contributed by atoms with E-state index in [-0.39, 0.29) is 48.8 Å². The number of amides is 2. The van der Waals surface area contributed by atoms with Gasteiger partial charge < -0.3 is 34.8 Å². The first-order valence-corrected chi connectivity index (χ1v) is 36.9. The molecule has 0 aromatic heterocycles. The monoisotopic (exact) mass is 893 g/mol. The zero-order valence-corrected chi connectivity index (χ0v) is 42.0. The summed E-state index contributed by atoms with van der Waals surface area (Å²) in [5.74, 6) is -1.04. The standard InChI is InChI=1S/C32H61N2O14Si7/c1-25(42-32(37)43-33-30(35)17-18-31(33)36)26-23-28(29(24-27(26)34(38)39)40-19-15-21-51(44-49(2)3)45-50(4)5)41-20-16-22-55(46-52(6,7)8,47-53(9,10)11)48-54(12,13)14/h23-25H,15-22H2,1-14H3. The number of nitro benzene ring substituents is 1. The van der Waals surface area contributed by atoms with Gasteiger partial charge in [0.25, 0.3) is 17.5 Å². The second-order valence-electron chi connectivity index (χ2n) is 16.4. The molecule has 16 nitrogen and oxygen atoms in total. The number of rotatable bonds is 24. The summed E-state index contributed by atoms with van der Waals surface area (Å²) in [5, 5.41) is 12.7. The van der Waals surface area contributed by atoms with Crippen molar-refractivity contribution in [2.45, 2.75) is 136 Å². The lowest BCUT2D eigenvalue weighted by molar-refractivity contribution is -0.386. The molecule has 3 radical (unpaired) electrons. The van der Waals surface area contributed by atoms with Crippen molar-refractivity contribution in [3.63, 3.8) is 0 Å². The summed E-state index contributed by atoms with van der Waals surface area (Å²) in [4.78, 5) is 53.1. The van der Waals surface area contributed by atoms with Crippen molar-refractivity contribution in [3.8, 4) is 11.5 Å². The maximum Gasteiger partial charge on any atom is 0.534 e. The van der Waals surface area contributed by atoms with Gasteiger partial charge in [0.05, 0.1) is 29.8 Å². The first-order chi connectivity index (χ1) is 25.2. The maximum atomic E-state index is 12.6. The SMILES string of the molecule is CC(OC(=O)ON1C(=O)CCC1=O)c1cc(OCCC[Si](O[Si](C)(C)C)(O[Si](C)(C)C)O[Si](C)(C)C)c(OCCC[Si](O[Si](C)C)O[Si](C)C)cc1[N+](=O)[O-]. The van der Waals surface area contributed by atoms with Gasteiger partial charge in [-0.2, -0.15) is 0 Å². The topological polar surface area (TPSA) is 181 Å². The minimum Gasteiger partial charge on any atom is -0.490 e. The van der Waals surface area contributed by atoms with Crippen LogP contribution < -0.4 is 9.47 Å². The molecule has 0 bridgehead atoms. The molecule has 0 aliphatic carbocycles. The van der Waals surface area contributed by atoms with Crippen molar-refractivity contribution >= 4 is 84.8 Å². The van der Waals surface area contributed by atoms with Gasteiger partial charge in [-0.1, -0.05) is 5.06 Å². The molecule has 1 unspecified atom stereocenters. The van der Waals surface area contributed by atoms with Gasteiger partial charge in [-0.25, -0.2) is 4.79 Å². The number of carbonyl (C=O) groups is 3. The first kappa shape index (κ1) is 49.1. The second kappa shape index (κ2) is 21.1. The second-order valence-corrected chi connectivity index (χ2v) is 39.9. The van der Waals surface area contributed by atoms with Crippen LogP contribution >= 0.6 is 0 Å². The van der Waals surface area contributed by atoms with Crippen LogP contribution in [0.5, 0.6) is 11.5 Å². The van der Waals surface area contributed by atoms with E-state index in [1.54, 1.807) is 0 Å². The highest BCUT2D eigenvalue weighted by atomic mass is 28.5. The van der Waals surface area contributed by atoms with Crippen LogP contribution in [0.25, 0.3) is 0 Å². The van der Waals surface area contributed by atoms with Gasteiger partial charge in [0.2, 0.25) is 0 Å². The molecular weight excluding hydrogens is 833 g/mol. The van der Waals surface area contributed by atoms with Gasteiger partial charge in [-0.15, -0.1) is 0 Å². The van der Waals surface area contributed by atoms with Crippen molar-refractivity contribution in [2.24, 2.45) is 0 Å². The Labute approximate surface area is 335 Å². The lowest BCUT2D eigenvalue weighted by Gasteiger charge is -2.42. The number of hydrogen-bond donors (Lipinski definition) is 0. The molecule has 1 aromatic rings. The molecule has 0 saturated carbocycles. The van der Waals surface area contributed by atoms with Crippen LogP contribution in [0.3, 0.4) is 0 Å². The normalized spacial score (nSPS) is 15.0. The van der Waals surface area contributed by atoms with Gasteiger partial charge >= 0.3 is 24.2 Å². The molecule has 1 heterocycles. The molecule has 2 amide bonds. The quantitative estimate of drug-likeness (QED) is 0.0244. The number of nitro groups is 1. The molecule has 1 aliphatic heterocycles. The Morgan fingerprint density at radius 1 is 0.800 bits per heavy atom. The average molecular weight is 894 g/mol. The van der Waals surface area contributed by atoms with Crippen LogP contribution in [0.2, 0.25) is 97.2 Å². The Kier molecular flexibility index (Phi) is 18.8. The zero-order valence-electron chi connectivity index (χ0n) is 35.0. The average Bonchev–Trinajstić information content (AvgIpc) is 3.30. The van der Waals surface area contributed by atoms with Crippen molar-refractivity contribution < 1.29 is 58.9 Å². The van der Waals surface area contributed by atoms with E-state index in [4.69, 9.17) is 39.6 Å². The fourth-order valence-corrected chi connectivity index (χ4v) is 25.4. The van der Waals surface area contributed by atoms with Crippen LogP contribution in [0.15, 0.2) is 12.1 Å². The van der Waals surface area contributed by atoms with Crippen LogP contribution in [-0.2, 0) is 39.7 Å². The number of nitrogens with zero attached hydrogens (tertiary/aromatic N) is 2. The predicted octanol–water partition coefficient (Wildman–Crippen LogP) is 7.93. The Morgan fingerprint density at radius 2 is 1.25 bits per heavy atom. The Hall–Kier alpha value is -2.05. The molecule has 1 aromatic carbocycles. The van der Waals surface area contributed by atoms with Gasteiger partial charge in [0, 0.05) is 18.9 Å². The third-order valence-electron chi connectivity index (χ3n) is 6.86. The summed E-state index contributed by atoms with van der Waals surface area (Å²) in [6, 6.07) is 3.82. The van der Waals surface area contributed by atoms with E-state index in [2.05, 4.69) is 85.1 Å². The minimum atomic E-state index is -3.17. The first-order valence-electron chi connectivity index (χ1n) is 18.4. The van der Waals surface area contributed by atoms with E-state index in [0.29, 0.717) is 30.0 Å². The van der Waals surface area contributed by atoms with Gasteiger partial charge in [-0.05, 0) is 117 Å². The molecule has 2 rings (SSSR count). The number of hydroxylamine groups is 2. The van der Waals surface area contributed by atoms with Crippen molar-refractivity contribution in [1.82, 2.24) is 5.06 Å². The highest BCUT2D eigenvalue weighted by molar-refractivity contribution is 6.90. The van der Waals surface area contributed by atoms with E-state index < -0.39 is 90.1 Å². The van der Waals surface area contributed by atoms with Crippen molar-refractivity contribution in [1.29, 1.82) is 0 Å². The Morgan fingerprint density at radius 3 is 1.69 bits per heavy atom. The number of imide groups is 1. The molecule has 1 atom stereocenters. The number of carbonyl (C=O) groups excluding carboxylic acids is 3. The van der Waals surface area contributed by atoms with E-state index in [9.17, 15) is 24.5 Å². The molecule has 0 N–H and O–H groups in total. The fraction of sp³-hybridized carbons (Fsp3) is 0.719. The minimum absolute atomic E-state index is 0.00766. The largest absolute Gasteiger partial charge is 0.534 e. The molecule has 1 aliphatic rings.